The Balaban J connectivity index is 2.04. The summed E-state index contributed by atoms with van der Waals surface area (Å²) in [6.45, 7) is 4.27. The van der Waals surface area contributed by atoms with Gasteiger partial charge in [-0.25, -0.2) is 0 Å². The topological polar surface area (TPSA) is 38.8 Å². The van der Waals surface area contributed by atoms with Crippen LogP contribution in [0.4, 0.5) is 0 Å². The molecule has 1 amide bonds. The monoisotopic (exact) mass is 289 g/mol. The van der Waals surface area contributed by atoms with Crippen molar-refractivity contribution in [2.45, 2.75) is 26.2 Å². The molecule has 21 heavy (non-hydrogen) atoms. The number of piperidine rings is 1. The molecule has 1 saturated heterocycles. The predicted molar refractivity (Wildman–Crippen MR) is 83.6 cm³/mol. The molecule has 0 saturated carbocycles. The van der Waals surface area contributed by atoms with E-state index in [1.54, 1.807) is 13.2 Å². The molecule has 0 radical (unpaired) electrons. The molecule has 0 atom stereocenters. The summed E-state index contributed by atoms with van der Waals surface area (Å²) in [6.07, 6.45) is 6.91. The first-order valence-electron chi connectivity index (χ1n) is 7.52. The number of amides is 1. The first kappa shape index (κ1) is 15.4. The highest BCUT2D eigenvalue weighted by Gasteiger charge is 2.13. The van der Waals surface area contributed by atoms with Gasteiger partial charge in [0.25, 0.3) is 0 Å². The third kappa shape index (κ3) is 4.25. The molecular weight excluding hydrogens is 266 g/mol. The van der Waals surface area contributed by atoms with Gasteiger partial charge in [-0.3, -0.25) is 4.79 Å². The Morgan fingerprint density at radius 3 is 2.67 bits per heavy atom. The molecule has 1 aromatic rings. The van der Waals surface area contributed by atoms with Gasteiger partial charge in [0.05, 0.1) is 13.7 Å². The van der Waals surface area contributed by atoms with E-state index in [9.17, 15) is 4.79 Å². The summed E-state index contributed by atoms with van der Waals surface area (Å²) in [5.74, 6) is 1.49. The van der Waals surface area contributed by atoms with Crippen LogP contribution in [0.5, 0.6) is 11.5 Å². The van der Waals surface area contributed by atoms with Gasteiger partial charge in [0.2, 0.25) is 5.91 Å². The zero-order chi connectivity index (χ0) is 15.1. The normalized spacial score (nSPS) is 15.2. The maximum absolute atomic E-state index is 12.1. The zero-order valence-electron chi connectivity index (χ0n) is 12.8. The second-order valence-corrected chi connectivity index (χ2v) is 5.06. The number of benzene rings is 1. The van der Waals surface area contributed by atoms with Crippen LogP contribution >= 0.6 is 0 Å². The minimum Gasteiger partial charge on any atom is -0.493 e. The fourth-order valence-electron chi connectivity index (χ4n) is 2.45. The van der Waals surface area contributed by atoms with Gasteiger partial charge in [0, 0.05) is 19.2 Å². The van der Waals surface area contributed by atoms with Gasteiger partial charge in [0.1, 0.15) is 0 Å². The molecule has 0 unspecified atom stereocenters. The fraction of sp³-hybridized carbons (Fsp3) is 0.471. The molecule has 2 rings (SSSR count). The summed E-state index contributed by atoms with van der Waals surface area (Å²) in [5.41, 5.74) is 0.931. The molecule has 1 aromatic carbocycles. The maximum Gasteiger partial charge on any atom is 0.246 e. The van der Waals surface area contributed by atoms with Crippen LogP contribution in [0.15, 0.2) is 24.3 Å². The van der Waals surface area contributed by atoms with Gasteiger partial charge in [-0.1, -0.05) is 6.07 Å². The van der Waals surface area contributed by atoms with Crippen molar-refractivity contribution in [2.75, 3.05) is 26.8 Å². The molecule has 4 nitrogen and oxygen atoms in total. The zero-order valence-corrected chi connectivity index (χ0v) is 12.8. The van der Waals surface area contributed by atoms with Gasteiger partial charge in [-0.2, -0.15) is 0 Å². The second kappa shape index (κ2) is 7.72. The van der Waals surface area contributed by atoms with Gasteiger partial charge >= 0.3 is 0 Å². The molecule has 114 valence electrons. The van der Waals surface area contributed by atoms with E-state index >= 15 is 0 Å². The second-order valence-electron chi connectivity index (χ2n) is 5.06. The van der Waals surface area contributed by atoms with Crippen LogP contribution in [0.25, 0.3) is 6.08 Å². The fourth-order valence-corrected chi connectivity index (χ4v) is 2.45. The highest BCUT2D eigenvalue weighted by atomic mass is 16.5. The van der Waals surface area contributed by atoms with E-state index in [1.807, 2.05) is 36.1 Å². The van der Waals surface area contributed by atoms with Crippen LogP contribution in [-0.2, 0) is 4.79 Å². The van der Waals surface area contributed by atoms with E-state index in [1.165, 1.54) is 6.42 Å². The summed E-state index contributed by atoms with van der Waals surface area (Å²) in [4.78, 5) is 14.0. The first-order chi connectivity index (χ1) is 10.2. The summed E-state index contributed by atoms with van der Waals surface area (Å²) >= 11 is 0. The Kier molecular flexibility index (Phi) is 5.67. The minimum absolute atomic E-state index is 0.0857. The number of ether oxygens (including phenoxy) is 2. The molecule has 1 aliphatic rings. The maximum atomic E-state index is 12.1. The molecule has 1 fully saturated rings. The van der Waals surface area contributed by atoms with E-state index in [-0.39, 0.29) is 5.91 Å². The van der Waals surface area contributed by atoms with Crippen molar-refractivity contribution in [3.05, 3.63) is 29.8 Å². The van der Waals surface area contributed by atoms with Crippen molar-refractivity contribution in [3.8, 4) is 11.5 Å². The summed E-state index contributed by atoms with van der Waals surface area (Å²) in [7, 11) is 1.62. The number of carbonyl (C=O) groups excluding carboxylic acids is 1. The van der Waals surface area contributed by atoms with Crippen molar-refractivity contribution < 1.29 is 14.3 Å². The molecule has 1 heterocycles. The number of hydrogen-bond donors (Lipinski definition) is 0. The van der Waals surface area contributed by atoms with Gasteiger partial charge in [0.15, 0.2) is 11.5 Å². The molecule has 4 heteroatoms. The van der Waals surface area contributed by atoms with Crippen molar-refractivity contribution in [1.82, 2.24) is 4.90 Å². The summed E-state index contributed by atoms with van der Waals surface area (Å²) in [6, 6.07) is 5.67. The first-order valence-corrected chi connectivity index (χ1v) is 7.52. The number of methoxy groups -OCH3 is 1. The predicted octanol–water partition coefficient (Wildman–Crippen LogP) is 3.12. The van der Waals surface area contributed by atoms with Crippen LogP contribution in [0.2, 0.25) is 0 Å². The van der Waals surface area contributed by atoms with Crippen LogP contribution < -0.4 is 9.47 Å². The van der Waals surface area contributed by atoms with E-state index in [2.05, 4.69) is 0 Å². The number of nitrogens with zero attached hydrogens (tertiary/aromatic N) is 1. The van der Waals surface area contributed by atoms with Crippen molar-refractivity contribution in [1.29, 1.82) is 0 Å². The lowest BCUT2D eigenvalue weighted by atomic mass is 10.1. The van der Waals surface area contributed by atoms with Crippen LogP contribution in [0.3, 0.4) is 0 Å². The standard InChI is InChI=1S/C17H23NO3/c1-3-21-15-9-7-14(13-16(15)20-2)8-10-17(19)18-11-5-4-6-12-18/h7-10,13H,3-6,11-12H2,1-2H3. The van der Waals surface area contributed by atoms with E-state index in [0.29, 0.717) is 12.4 Å². The smallest absolute Gasteiger partial charge is 0.246 e. The number of likely N-dealkylation sites (tertiary alicyclic amines) is 1. The Bertz CT molecular complexity index is 505. The summed E-state index contributed by atoms with van der Waals surface area (Å²) in [5, 5.41) is 0. The Morgan fingerprint density at radius 2 is 2.00 bits per heavy atom. The number of hydrogen-bond acceptors (Lipinski definition) is 3. The average molecular weight is 289 g/mol. The van der Waals surface area contributed by atoms with E-state index in [4.69, 9.17) is 9.47 Å². The number of rotatable bonds is 5. The Morgan fingerprint density at radius 1 is 1.24 bits per heavy atom. The highest BCUT2D eigenvalue weighted by molar-refractivity contribution is 5.91. The minimum atomic E-state index is 0.0857. The molecular formula is C17H23NO3. The molecule has 0 N–H and O–H groups in total. The van der Waals surface area contributed by atoms with Crippen molar-refractivity contribution >= 4 is 12.0 Å². The summed E-state index contributed by atoms with van der Waals surface area (Å²) < 4.78 is 10.8. The van der Waals surface area contributed by atoms with Crippen LogP contribution in [-0.4, -0.2) is 37.6 Å². The molecule has 1 aliphatic heterocycles. The number of carbonyl (C=O) groups is 1. The Labute approximate surface area is 126 Å². The van der Waals surface area contributed by atoms with Crippen molar-refractivity contribution in [3.63, 3.8) is 0 Å². The third-order valence-corrected chi connectivity index (χ3v) is 3.57. The van der Waals surface area contributed by atoms with Gasteiger partial charge < -0.3 is 14.4 Å². The van der Waals surface area contributed by atoms with Crippen molar-refractivity contribution in [2.24, 2.45) is 0 Å². The molecule has 0 spiro atoms. The van der Waals surface area contributed by atoms with Crippen LogP contribution in [0.1, 0.15) is 31.7 Å². The third-order valence-electron chi connectivity index (χ3n) is 3.57. The van der Waals surface area contributed by atoms with E-state index < -0.39 is 0 Å². The molecule has 0 aliphatic carbocycles. The van der Waals surface area contributed by atoms with Gasteiger partial charge in [-0.15, -0.1) is 0 Å². The molecule has 0 bridgehead atoms. The average Bonchev–Trinajstić information content (AvgIpc) is 2.54. The van der Waals surface area contributed by atoms with Crippen LogP contribution in [0, 0.1) is 0 Å². The lowest BCUT2D eigenvalue weighted by Crippen LogP contribution is -2.34. The lowest BCUT2D eigenvalue weighted by molar-refractivity contribution is -0.126. The molecule has 0 aromatic heterocycles. The Hall–Kier alpha value is -1.97. The highest BCUT2D eigenvalue weighted by Crippen LogP contribution is 2.28. The largest absolute Gasteiger partial charge is 0.493 e. The van der Waals surface area contributed by atoms with E-state index in [0.717, 1.165) is 37.2 Å². The quantitative estimate of drug-likeness (QED) is 0.782. The lowest BCUT2D eigenvalue weighted by Gasteiger charge is -2.25. The van der Waals surface area contributed by atoms with Gasteiger partial charge in [-0.05, 0) is 50.0 Å². The SMILES string of the molecule is CCOc1ccc(C=CC(=O)N2CCCCC2)cc1OC.